The molecule has 15 heteroatoms. The predicted octanol–water partition coefficient (Wildman–Crippen LogP) is 3.94. The molecular weight excluding hydrogens is 562 g/mol. The molecule has 0 spiro atoms. The fourth-order valence-electron chi connectivity index (χ4n) is 3.12. The highest BCUT2D eigenvalue weighted by atomic mass is 35.5. The fraction of sp³-hybridized carbons (Fsp3) is 0.227. The van der Waals surface area contributed by atoms with Crippen molar-refractivity contribution in [2.24, 2.45) is 7.05 Å². The predicted molar refractivity (Wildman–Crippen MR) is 132 cm³/mol. The number of carbonyl (C=O) groups excluding carboxylic acids is 1. The SMILES string of the molecule is CC(C(=O)SCc1ccccc1)S(=O)(=O)Nc1cc(-n2c(=O)cc(C(F)(F)F)n(C)c2=O)c(F)cc1Cl. The molecule has 3 rings (SSSR count). The van der Waals surface area contributed by atoms with Gasteiger partial charge in [-0.15, -0.1) is 0 Å². The van der Waals surface area contributed by atoms with E-state index < -0.39 is 65.7 Å². The minimum absolute atomic E-state index is 0.100. The lowest BCUT2D eigenvalue weighted by Crippen LogP contribution is -2.41. The van der Waals surface area contributed by atoms with Crippen molar-refractivity contribution in [2.45, 2.75) is 24.1 Å². The molecule has 0 aliphatic rings. The van der Waals surface area contributed by atoms with Crippen molar-refractivity contribution in [3.05, 3.63) is 91.5 Å². The van der Waals surface area contributed by atoms with Crippen LogP contribution in [0.1, 0.15) is 18.2 Å². The Hall–Kier alpha value is -3.10. The number of anilines is 1. The van der Waals surface area contributed by atoms with Crippen LogP contribution in [-0.2, 0) is 33.8 Å². The molecular formula is C22H18ClF4N3O5S2. The third-order valence-electron chi connectivity index (χ3n) is 5.16. The second-order valence-corrected chi connectivity index (χ2v) is 11.1. The third-order valence-corrected chi connectivity index (χ3v) is 8.39. The Labute approximate surface area is 216 Å². The minimum Gasteiger partial charge on any atom is -0.292 e. The number of hydrogen-bond acceptors (Lipinski definition) is 6. The summed E-state index contributed by atoms with van der Waals surface area (Å²) in [6.07, 6.45) is -5.04. The Morgan fingerprint density at radius 1 is 1.14 bits per heavy atom. The molecule has 1 atom stereocenters. The fourth-order valence-corrected chi connectivity index (χ4v) is 5.60. The molecule has 3 aromatic rings. The van der Waals surface area contributed by atoms with Gasteiger partial charge in [0.15, 0.2) is 0 Å². The summed E-state index contributed by atoms with van der Waals surface area (Å²) in [5, 5.41) is -2.78. The molecule has 1 heterocycles. The molecule has 0 aliphatic heterocycles. The van der Waals surface area contributed by atoms with Crippen LogP contribution in [0.3, 0.4) is 0 Å². The van der Waals surface area contributed by atoms with E-state index in [4.69, 9.17) is 11.6 Å². The molecule has 198 valence electrons. The summed E-state index contributed by atoms with van der Waals surface area (Å²) in [5.41, 5.74) is -5.16. The lowest BCUT2D eigenvalue weighted by molar-refractivity contribution is -0.144. The van der Waals surface area contributed by atoms with Crippen LogP contribution in [0.2, 0.25) is 5.02 Å². The van der Waals surface area contributed by atoms with Crippen LogP contribution >= 0.6 is 23.4 Å². The largest absolute Gasteiger partial charge is 0.431 e. The maximum Gasteiger partial charge on any atom is 0.431 e. The normalized spacial score (nSPS) is 12.8. The molecule has 1 N–H and O–H groups in total. The lowest BCUT2D eigenvalue weighted by Gasteiger charge is -2.17. The van der Waals surface area contributed by atoms with Gasteiger partial charge in [0.1, 0.15) is 16.8 Å². The first-order chi connectivity index (χ1) is 17.1. The van der Waals surface area contributed by atoms with Crippen molar-refractivity contribution in [3.8, 4) is 5.69 Å². The Kier molecular flexibility index (Phi) is 8.24. The third kappa shape index (κ3) is 6.25. The number of hydrogen-bond donors (Lipinski definition) is 1. The number of alkyl halides is 3. The van der Waals surface area contributed by atoms with Gasteiger partial charge < -0.3 is 0 Å². The van der Waals surface area contributed by atoms with Gasteiger partial charge in [0.2, 0.25) is 15.1 Å². The van der Waals surface area contributed by atoms with E-state index >= 15 is 0 Å². The maximum absolute atomic E-state index is 14.7. The highest BCUT2D eigenvalue weighted by Crippen LogP contribution is 2.30. The van der Waals surface area contributed by atoms with E-state index in [9.17, 15) is 40.4 Å². The molecule has 0 bridgehead atoms. The number of benzene rings is 2. The lowest BCUT2D eigenvalue weighted by atomic mass is 10.2. The van der Waals surface area contributed by atoms with E-state index in [1.165, 1.54) is 0 Å². The van der Waals surface area contributed by atoms with E-state index in [1.807, 2.05) is 4.72 Å². The number of nitrogens with one attached hydrogen (secondary N) is 1. The number of aromatic nitrogens is 2. The van der Waals surface area contributed by atoms with Gasteiger partial charge in [-0.05, 0) is 24.6 Å². The minimum atomic E-state index is -5.04. The Morgan fingerprint density at radius 2 is 1.76 bits per heavy atom. The van der Waals surface area contributed by atoms with Crippen LogP contribution in [0.4, 0.5) is 23.2 Å². The Balaban J connectivity index is 1.95. The van der Waals surface area contributed by atoms with E-state index in [-0.39, 0.29) is 21.0 Å². The van der Waals surface area contributed by atoms with Crippen LogP contribution in [0.5, 0.6) is 0 Å². The highest BCUT2D eigenvalue weighted by molar-refractivity contribution is 8.14. The maximum atomic E-state index is 14.7. The van der Waals surface area contributed by atoms with Gasteiger partial charge in [-0.2, -0.15) is 13.2 Å². The van der Waals surface area contributed by atoms with Gasteiger partial charge in [-0.3, -0.25) is 18.9 Å². The van der Waals surface area contributed by atoms with Crippen LogP contribution in [0, 0.1) is 5.82 Å². The molecule has 0 aliphatic carbocycles. The first kappa shape index (κ1) is 28.5. The van der Waals surface area contributed by atoms with Crippen LogP contribution in [0.25, 0.3) is 5.69 Å². The van der Waals surface area contributed by atoms with Gasteiger partial charge in [-0.1, -0.05) is 53.7 Å². The number of rotatable bonds is 7. The number of thioether (sulfide) groups is 1. The van der Waals surface area contributed by atoms with Gasteiger partial charge >= 0.3 is 11.9 Å². The molecule has 8 nitrogen and oxygen atoms in total. The van der Waals surface area contributed by atoms with Crippen molar-refractivity contribution in [1.29, 1.82) is 0 Å². The number of nitrogens with zero attached hydrogens (tertiary/aromatic N) is 2. The topological polar surface area (TPSA) is 107 Å². The Morgan fingerprint density at radius 3 is 2.35 bits per heavy atom. The Bertz CT molecular complexity index is 1570. The van der Waals surface area contributed by atoms with Gasteiger partial charge in [0.25, 0.3) is 5.56 Å². The summed E-state index contributed by atoms with van der Waals surface area (Å²) < 4.78 is 81.9. The zero-order valence-electron chi connectivity index (χ0n) is 19.0. The van der Waals surface area contributed by atoms with Gasteiger partial charge in [0, 0.05) is 18.9 Å². The van der Waals surface area contributed by atoms with E-state index in [0.29, 0.717) is 12.1 Å². The molecule has 0 saturated heterocycles. The van der Waals surface area contributed by atoms with Gasteiger partial charge in [-0.25, -0.2) is 22.2 Å². The average molecular weight is 580 g/mol. The number of halogens is 5. The van der Waals surface area contributed by atoms with Crippen molar-refractivity contribution in [2.75, 3.05) is 4.72 Å². The first-order valence-corrected chi connectivity index (χ1v) is 13.2. The summed E-state index contributed by atoms with van der Waals surface area (Å²) in [5.74, 6) is -1.07. The monoisotopic (exact) mass is 579 g/mol. The molecule has 37 heavy (non-hydrogen) atoms. The quantitative estimate of drug-likeness (QED) is 0.425. The van der Waals surface area contributed by atoms with E-state index in [1.54, 1.807) is 30.3 Å². The molecule has 1 aromatic heterocycles. The van der Waals surface area contributed by atoms with E-state index in [2.05, 4.69) is 0 Å². The molecule has 0 fully saturated rings. The van der Waals surface area contributed by atoms with E-state index in [0.717, 1.165) is 31.3 Å². The second-order valence-electron chi connectivity index (χ2n) is 7.71. The molecule has 0 saturated carbocycles. The molecule has 0 amide bonds. The van der Waals surface area contributed by atoms with Crippen LogP contribution < -0.4 is 16.0 Å². The smallest absolute Gasteiger partial charge is 0.292 e. The van der Waals surface area contributed by atoms with Crippen molar-refractivity contribution >= 4 is 44.2 Å². The van der Waals surface area contributed by atoms with Crippen LogP contribution in [-0.4, -0.2) is 27.9 Å². The van der Waals surface area contributed by atoms with Crippen molar-refractivity contribution < 1.29 is 30.8 Å². The summed E-state index contributed by atoms with van der Waals surface area (Å²) in [6.45, 7) is 1.12. The molecule has 0 radical (unpaired) electrons. The average Bonchev–Trinajstić information content (AvgIpc) is 2.82. The number of sulfonamides is 1. The summed E-state index contributed by atoms with van der Waals surface area (Å²) in [4.78, 5) is 37.4. The first-order valence-electron chi connectivity index (χ1n) is 10.3. The highest BCUT2D eigenvalue weighted by Gasteiger charge is 2.35. The zero-order chi connectivity index (χ0) is 27.7. The summed E-state index contributed by atoms with van der Waals surface area (Å²) in [7, 11) is -3.72. The summed E-state index contributed by atoms with van der Waals surface area (Å²) >= 11 is 6.70. The van der Waals surface area contributed by atoms with Crippen molar-refractivity contribution in [1.82, 2.24) is 9.13 Å². The second kappa shape index (κ2) is 10.7. The van der Waals surface area contributed by atoms with Crippen LogP contribution in [0.15, 0.2) is 58.1 Å². The summed E-state index contributed by atoms with van der Waals surface area (Å²) in [6, 6.07) is 10.2. The number of carbonyl (C=O) groups is 1. The van der Waals surface area contributed by atoms with Crippen molar-refractivity contribution in [3.63, 3.8) is 0 Å². The standard InChI is InChI=1S/C22H18ClF4N3O5S2/c1-12(20(32)36-11-13-6-4-3-5-7-13)37(34,35)28-16-9-17(15(24)8-14(16)23)30-19(31)10-18(22(25,26)27)29(2)21(30)33/h3-10,12,28H,11H2,1-2H3. The zero-order valence-corrected chi connectivity index (χ0v) is 21.4. The molecule has 2 aromatic carbocycles. The molecule has 1 unspecified atom stereocenters. The van der Waals surface area contributed by atoms with Gasteiger partial charge in [0.05, 0.1) is 16.4 Å².